The first kappa shape index (κ1) is 17.8. The van der Waals surface area contributed by atoms with Crippen LogP contribution in [-0.4, -0.2) is 34.4 Å². The van der Waals surface area contributed by atoms with Crippen molar-refractivity contribution in [3.8, 4) is 11.6 Å². The van der Waals surface area contributed by atoms with E-state index in [-0.39, 0.29) is 11.7 Å². The molecule has 0 aliphatic carbocycles. The number of amidine groups is 1. The Morgan fingerprint density at radius 2 is 2.07 bits per heavy atom. The van der Waals surface area contributed by atoms with Crippen LogP contribution in [0.15, 0.2) is 55.0 Å². The van der Waals surface area contributed by atoms with Crippen LogP contribution < -0.4 is 15.8 Å². The number of amides is 1. The second-order valence-corrected chi connectivity index (χ2v) is 6.58. The molecule has 0 unspecified atom stereocenters. The number of rotatable bonds is 6. The van der Waals surface area contributed by atoms with Crippen molar-refractivity contribution < 1.29 is 9.53 Å². The molecule has 2 aromatic heterocycles. The predicted octanol–water partition coefficient (Wildman–Crippen LogP) is 2.06. The second kappa shape index (κ2) is 7.56. The molecule has 1 amide bonds. The lowest BCUT2D eigenvalue weighted by atomic mass is 9.95. The second-order valence-electron chi connectivity index (χ2n) is 6.58. The van der Waals surface area contributed by atoms with Gasteiger partial charge in [-0.25, -0.2) is 4.98 Å². The molecule has 7 heteroatoms. The summed E-state index contributed by atoms with van der Waals surface area (Å²) in [5.74, 6) is 1.45. The molecule has 1 aliphatic heterocycles. The Bertz CT molecular complexity index is 1010. The molecular formula is C21H21N5O2. The van der Waals surface area contributed by atoms with Crippen LogP contribution in [0.4, 0.5) is 0 Å². The van der Waals surface area contributed by atoms with E-state index in [0.717, 1.165) is 29.1 Å². The maximum Gasteiger partial charge on any atom is 0.252 e. The number of nitrogens with two attached hydrogens (primary N) is 1. The van der Waals surface area contributed by atoms with Gasteiger partial charge in [0.1, 0.15) is 17.4 Å². The highest BCUT2D eigenvalue weighted by atomic mass is 16.5. The Labute approximate surface area is 162 Å². The van der Waals surface area contributed by atoms with Gasteiger partial charge in [-0.05, 0) is 48.4 Å². The maximum absolute atomic E-state index is 12.4. The molecule has 0 fully saturated rings. The highest BCUT2D eigenvalue weighted by Gasteiger charge is 2.20. The van der Waals surface area contributed by atoms with E-state index in [1.54, 1.807) is 12.3 Å². The van der Waals surface area contributed by atoms with Crippen LogP contribution in [0, 0.1) is 5.41 Å². The van der Waals surface area contributed by atoms with Crippen LogP contribution in [0.25, 0.3) is 5.82 Å². The van der Waals surface area contributed by atoms with Crippen molar-refractivity contribution in [3.05, 3.63) is 77.2 Å². The zero-order chi connectivity index (χ0) is 19.5. The van der Waals surface area contributed by atoms with Crippen LogP contribution in [0.3, 0.4) is 0 Å². The Kier molecular flexibility index (Phi) is 4.80. The smallest absolute Gasteiger partial charge is 0.252 e. The third-order valence-corrected chi connectivity index (χ3v) is 4.83. The molecule has 1 aromatic carbocycles. The molecule has 0 saturated carbocycles. The minimum absolute atomic E-state index is 0.0285. The number of pyridine rings is 1. The van der Waals surface area contributed by atoms with Gasteiger partial charge < -0.3 is 20.4 Å². The standard InChI is InChI=1S/C21H21N5O2/c22-20(23)17-4-5-18-16(8-12-28-18)15(17)7-9-24-21(27)14-3-6-19(25-13-14)26-10-1-2-11-26/h1-6,10-11,13H,7-9,12H2,(H3,22,23)(H,24,27). The Morgan fingerprint density at radius 1 is 1.25 bits per heavy atom. The molecule has 1 aliphatic rings. The summed E-state index contributed by atoms with van der Waals surface area (Å²) in [6, 6.07) is 11.1. The summed E-state index contributed by atoms with van der Waals surface area (Å²) >= 11 is 0. The van der Waals surface area contributed by atoms with Crippen molar-refractivity contribution in [2.75, 3.05) is 13.2 Å². The Morgan fingerprint density at radius 3 is 2.79 bits per heavy atom. The number of nitrogens with one attached hydrogen (secondary N) is 2. The van der Waals surface area contributed by atoms with Gasteiger partial charge >= 0.3 is 0 Å². The monoisotopic (exact) mass is 375 g/mol. The third kappa shape index (κ3) is 3.46. The number of benzene rings is 1. The van der Waals surface area contributed by atoms with Gasteiger partial charge in [0.05, 0.1) is 12.2 Å². The number of hydrogen-bond acceptors (Lipinski definition) is 4. The fraction of sp³-hybridized carbons (Fsp3) is 0.190. The van der Waals surface area contributed by atoms with Gasteiger partial charge in [0.2, 0.25) is 0 Å². The number of carbonyl (C=O) groups is 1. The van der Waals surface area contributed by atoms with Gasteiger partial charge in [0, 0.05) is 42.7 Å². The van der Waals surface area contributed by atoms with Crippen molar-refractivity contribution >= 4 is 11.7 Å². The molecule has 0 saturated heterocycles. The number of carbonyl (C=O) groups excluding carboxylic acids is 1. The Hall–Kier alpha value is -3.61. The number of hydrogen-bond donors (Lipinski definition) is 3. The minimum atomic E-state index is -0.181. The molecule has 0 spiro atoms. The van der Waals surface area contributed by atoms with E-state index in [1.165, 1.54) is 0 Å². The van der Waals surface area contributed by atoms with Crippen LogP contribution in [0.5, 0.6) is 5.75 Å². The summed E-state index contributed by atoms with van der Waals surface area (Å²) < 4.78 is 7.48. The zero-order valence-electron chi connectivity index (χ0n) is 15.3. The molecule has 142 valence electrons. The van der Waals surface area contributed by atoms with Crippen LogP contribution >= 0.6 is 0 Å². The van der Waals surface area contributed by atoms with E-state index < -0.39 is 0 Å². The normalized spacial score (nSPS) is 12.3. The minimum Gasteiger partial charge on any atom is -0.493 e. The van der Waals surface area contributed by atoms with Crippen LogP contribution in [0.1, 0.15) is 27.0 Å². The summed E-state index contributed by atoms with van der Waals surface area (Å²) in [5, 5.41) is 10.7. The van der Waals surface area contributed by atoms with E-state index in [4.69, 9.17) is 15.9 Å². The highest BCUT2D eigenvalue weighted by Crippen LogP contribution is 2.31. The number of nitrogens with zero attached hydrogens (tertiary/aromatic N) is 2. The first-order chi connectivity index (χ1) is 13.6. The Balaban J connectivity index is 1.42. The summed E-state index contributed by atoms with van der Waals surface area (Å²) in [6.45, 7) is 1.07. The zero-order valence-corrected chi connectivity index (χ0v) is 15.3. The van der Waals surface area contributed by atoms with Crippen molar-refractivity contribution in [2.45, 2.75) is 12.8 Å². The largest absolute Gasteiger partial charge is 0.493 e. The lowest BCUT2D eigenvalue weighted by molar-refractivity contribution is 0.0954. The van der Waals surface area contributed by atoms with Crippen LogP contribution in [0.2, 0.25) is 0 Å². The summed E-state index contributed by atoms with van der Waals surface area (Å²) in [6.07, 6.45) is 6.75. The van der Waals surface area contributed by atoms with E-state index in [1.807, 2.05) is 47.3 Å². The summed E-state index contributed by atoms with van der Waals surface area (Å²) in [4.78, 5) is 16.8. The molecule has 3 heterocycles. The number of nitrogen functional groups attached to an aromatic ring is 1. The van der Waals surface area contributed by atoms with Crippen molar-refractivity contribution in [2.24, 2.45) is 5.73 Å². The maximum atomic E-state index is 12.4. The molecule has 0 atom stereocenters. The van der Waals surface area contributed by atoms with Gasteiger partial charge in [-0.1, -0.05) is 0 Å². The highest BCUT2D eigenvalue weighted by molar-refractivity contribution is 5.97. The fourth-order valence-electron chi connectivity index (χ4n) is 3.45. The SMILES string of the molecule is N=C(N)c1ccc2c(c1CCNC(=O)c1ccc(-n3cccc3)nc1)CCO2. The topological polar surface area (TPSA) is 106 Å². The molecule has 4 rings (SSSR count). The molecule has 28 heavy (non-hydrogen) atoms. The molecule has 4 N–H and O–H groups in total. The molecule has 3 aromatic rings. The van der Waals surface area contributed by atoms with E-state index in [0.29, 0.717) is 30.7 Å². The molecule has 0 radical (unpaired) electrons. The number of ether oxygens (including phenoxy) is 1. The lowest BCUT2D eigenvalue weighted by Gasteiger charge is -2.13. The van der Waals surface area contributed by atoms with E-state index in [9.17, 15) is 4.79 Å². The van der Waals surface area contributed by atoms with Crippen LogP contribution in [-0.2, 0) is 12.8 Å². The quantitative estimate of drug-likeness (QED) is 0.453. The van der Waals surface area contributed by atoms with Gasteiger partial charge in [-0.3, -0.25) is 10.2 Å². The van der Waals surface area contributed by atoms with Crippen molar-refractivity contribution in [3.63, 3.8) is 0 Å². The average molecular weight is 375 g/mol. The van der Waals surface area contributed by atoms with Gasteiger partial charge in [0.15, 0.2) is 0 Å². The summed E-state index contributed by atoms with van der Waals surface area (Å²) in [5.41, 5.74) is 9.00. The first-order valence-electron chi connectivity index (χ1n) is 9.13. The number of fused-ring (bicyclic) bond motifs is 1. The summed E-state index contributed by atoms with van der Waals surface area (Å²) in [7, 11) is 0. The van der Waals surface area contributed by atoms with Crippen molar-refractivity contribution in [1.29, 1.82) is 5.41 Å². The molecular weight excluding hydrogens is 354 g/mol. The average Bonchev–Trinajstić information content (AvgIpc) is 3.39. The van der Waals surface area contributed by atoms with Gasteiger partial charge in [0.25, 0.3) is 5.91 Å². The molecule has 7 nitrogen and oxygen atoms in total. The third-order valence-electron chi connectivity index (χ3n) is 4.83. The number of aromatic nitrogens is 2. The van der Waals surface area contributed by atoms with E-state index >= 15 is 0 Å². The molecule has 0 bridgehead atoms. The van der Waals surface area contributed by atoms with E-state index in [2.05, 4.69) is 10.3 Å². The predicted molar refractivity (Wildman–Crippen MR) is 106 cm³/mol. The first-order valence-corrected chi connectivity index (χ1v) is 9.13. The van der Waals surface area contributed by atoms with Gasteiger partial charge in [-0.15, -0.1) is 0 Å². The fourth-order valence-corrected chi connectivity index (χ4v) is 3.45. The van der Waals surface area contributed by atoms with Gasteiger partial charge in [-0.2, -0.15) is 0 Å². The lowest BCUT2D eigenvalue weighted by Crippen LogP contribution is -2.27. The van der Waals surface area contributed by atoms with Crippen molar-refractivity contribution in [1.82, 2.24) is 14.9 Å².